The Bertz CT molecular complexity index is 433. The zero-order chi connectivity index (χ0) is 16.6. The van der Waals surface area contributed by atoms with Crippen LogP contribution in [0.1, 0.15) is 46.0 Å². The molecule has 0 spiro atoms. The van der Waals surface area contributed by atoms with Crippen molar-refractivity contribution in [3.8, 4) is 6.07 Å². The van der Waals surface area contributed by atoms with Crippen molar-refractivity contribution < 1.29 is 17.9 Å². The molecule has 2 aliphatic rings. The minimum absolute atomic E-state index is 0.00340. The van der Waals surface area contributed by atoms with Gasteiger partial charge in [0.2, 0.25) is 0 Å². The van der Waals surface area contributed by atoms with E-state index in [0.717, 1.165) is 25.7 Å². The van der Waals surface area contributed by atoms with Crippen LogP contribution in [0, 0.1) is 11.3 Å². The molecule has 0 bridgehead atoms. The highest BCUT2D eigenvalue weighted by atomic mass is 127. The number of halogens is 4. The van der Waals surface area contributed by atoms with Crippen LogP contribution in [0.2, 0.25) is 0 Å². The molecular weight excluding hydrogens is 408 g/mol. The monoisotopic (exact) mass is 430 g/mol. The molecule has 126 valence electrons. The lowest BCUT2D eigenvalue weighted by atomic mass is 9.80. The topological polar surface area (TPSA) is 36.3 Å². The van der Waals surface area contributed by atoms with Gasteiger partial charge in [0.25, 0.3) is 0 Å². The van der Waals surface area contributed by atoms with Gasteiger partial charge in [0, 0.05) is 29.0 Å². The summed E-state index contributed by atoms with van der Waals surface area (Å²) in [5, 5.41) is 8.85. The van der Waals surface area contributed by atoms with Crippen LogP contribution in [0.25, 0.3) is 0 Å². The fourth-order valence-corrected chi connectivity index (χ4v) is 4.24. The molecule has 1 saturated heterocycles. The second-order valence-electron chi connectivity index (χ2n) is 6.78. The molecule has 2 fully saturated rings. The van der Waals surface area contributed by atoms with Crippen LogP contribution in [-0.2, 0) is 4.74 Å². The van der Waals surface area contributed by atoms with Crippen LogP contribution in [0.5, 0.6) is 0 Å². The number of hydrogen-bond donors (Lipinski definition) is 0. The first-order chi connectivity index (χ1) is 10.1. The van der Waals surface area contributed by atoms with E-state index in [1.807, 2.05) is 4.90 Å². The molecule has 2 rings (SSSR count). The lowest BCUT2D eigenvalue weighted by Gasteiger charge is -2.55. The third kappa shape index (κ3) is 3.70. The molecule has 0 aromatic rings. The Balaban J connectivity index is 1.92. The van der Waals surface area contributed by atoms with Crippen molar-refractivity contribution in [3.63, 3.8) is 0 Å². The van der Waals surface area contributed by atoms with E-state index >= 15 is 0 Å². The average Bonchev–Trinajstić information content (AvgIpc) is 2.33. The Kier molecular flexibility index (Phi) is 5.35. The summed E-state index contributed by atoms with van der Waals surface area (Å²) in [4.78, 5) is 1.90. The lowest BCUT2D eigenvalue weighted by Crippen LogP contribution is -2.73. The number of nitriles is 1. The molecule has 0 unspecified atom stereocenters. The maximum absolute atomic E-state index is 13.3. The van der Waals surface area contributed by atoms with Crippen molar-refractivity contribution in [2.75, 3.05) is 13.1 Å². The summed E-state index contributed by atoms with van der Waals surface area (Å²) in [6.07, 6.45) is -0.730. The van der Waals surface area contributed by atoms with Crippen molar-refractivity contribution in [1.82, 2.24) is 4.90 Å². The second kappa shape index (κ2) is 6.44. The maximum Gasteiger partial charge on any atom is 0.419 e. The minimum Gasteiger partial charge on any atom is -0.360 e. The predicted molar refractivity (Wildman–Crippen MR) is 85.8 cm³/mol. The number of nitrogens with zero attached hydrogens (tertiary/aromatic N) is 2. The van der Waals surface area contributed by atoms with Gasteiger partial charge in [0.05, 0.1) is 12.2 Å². The number of alkyl halides is 4. The fraction of sp³-hybridized carbons (Fsp3) is 0.933. The summed E-state index contributed by atoms with van der Waals surface area (Å²) in [6.45, 7) is 3.16. The van der Waals surface area contributed by atoms with Gasteiger partial charge in [-0.3, -0.25) is 4.90 Å². The van der Waals surface area contributed by atoms with Gasteiger partial charge in [-0.2, -0.15) is 18.4 Å². The Morgan fingerprint density at radius 3 is 2.27 bits per heavy atom. The molecule has 7 heteroatoms. The molecule has 1 saturated carbocycles. The van der Waals surface area contributed by atoms with E-state index in [-0.39, 0.29) is 22.6 Å². The molecule has 1 heterocycles. The van der Waals surface area contributed by atoms with Crippen molar-refractivity contribution in [3.05, 3.63) is 0 Å². The minimum atomic E-state index is -4.32. The first-order valence-electron chi connectivity index (χ1n) is 7.65. The maximum atomic E-state index is 13.3. The second-order valence-corrected chi connectivity index (χ2v) is 9.07. The first kappa shape index (κ1) is 18.3. The van der Waals surface area contributed by atoms with Crippen molar-refractivity contribution in [1.29, 1.82) is 5.26 Å². The molecule has 0 aromatic carbocycles. The van der Waals surface area contributed by atoms with E-state index in [0.29, 0.717) is 6.42 Å². The van der Waals surface area contributed by atoms with Crippen LogP contribution < -0.4 is 0 Å². The molecule has 22 heavy (non-hydrogen) atoms. The van der Waals surface area contributed by atoms with Gasteiger partial charge in [-0.05, 0) is 39.5 Å². The van der Waals surface area contributed by atoms with E-state index in [1.165, 1.54) is 0 Å². The Morgan fingerprint density at radius 1 is 1.32 bits per heavy atom. The third-order valence-corrected chi connectivity index (χ3v) is 6.12. The van der Waals surface area contributed by atoms with Gasteiger partial charge in [0.1, 0.15) is 0 Å². The summed E-state index contributed by atoms with van der Waals surface area (Å²) in [6, 6.07) is 2.40. The van der Waals surface area contributed by atoms with Gasteiger partial charge in [0.15, 0.2) is 5.60 Å². The zero-order valence-corrected chi connectivity index (χ0v) is 15.1. The SMILES string of the molecule is CC(C)OC1(C(F)(F)F)CN([C@H]2CC[C@](I)(CC#N)CC2)C1. The van der Waals surface area contributed by atoms with Gasteiger partial charge in [-0.15, -0.1) is 0 Å². The van der Waals surface area contributed by atoms with E-state index in [9.17, 15) is 13.2 Å². The largest absolute Gasteiger partial charge is 0.419 e. The van der Waals surface area contributed by atoms with Crippen LogP contribution in [-0.4, -0.2) is 45.3 Å². The summed E-state index contributed by atoms with van der Waals surface area (Å²) in [5.74, 6) is 0. The Hall–Kier alpha value is -0.0700. The molecule has 0 N–H and O–H groups in total. The highest BCUT2D eigenvalue weighted by Crippen LogP contribution is 2.46. The third-order valence-electron chi connectivity index (χ3n) is 4.66. The predicted octanol–water partition coefficient (Wildman–Crippen LogP) is 4.06. The molecule has 0 amide bonds. The van der Waals surface area contributed by atoms with E-state index < -0.39 is 17.9 Å². The van der Waals surface area contributed by atoms with Crippen molar-refractivity contribution in [2.24, 2.45) is 0 Å². The van der Waals surface area contributed by atoms with Crippen LogP contribution >= 0.6 is 22.6 Å². The number of rotatable bonds is 4. The number of ether oxygens (including phenoxy) is 1. The van der Waals surface area contributed by atoms with Gasteiger partial charge >= 0.3 is 6.18 Å². The van der Waals surface area contributed by atoms with Crippen LogP contribution in [0.4, 0.5) is 13.2 Å². The molecule has 0 radical (unpaired) electrons. The van der Waals surface area contributed by atoms with Gasteiger partial charge in [-0.1, -0.05) is 22.6 Å². The highest BCUT2D eigenvalue weighted by molar-refractivity contribution is 14.1. The van der Waals surface area contributed by atoms with Gasteiger partial charge in [-0.25, -0.2) is 0 Å². The van der Waals surface area contributed by atoms with Gasteiger partial charge < -0.3 is 4.74 Å². The standard InChI is InChI=1S/C15H22F3IN2O/c1-11(2)22-14(15(16,17)18)9-21(10-14)12-3-5-13(19,6-4-12)7-8-20/h11-12H,3-7,9-10H2,1-2H3/t12-,13+. The normalized spacial score (nSPS) is 32.5. The lowest BCUT2D eigenvalue weighted by molar-refractivity contribution is -0.332. The summed E-state index contributed by atoms with van der Waals surface area (Å²) >= 11 is 2.34. The summed E-state index contributed by atoms with van der Waals surface area (Å²) in [7, 11) is 0. The zero-order valence-electron chi connectivity index (χ0n) is 12.9. The molecule has 3 nitrogen and oxygen atoms in total. The average molecular weight is 430 g/mol. The van der Waals surface area contributed by atoms with E-state index in [2.05, 4.69) is 28.7 Å². The van der Waals surface area contributed by atoms with Crippen LogP contribution in [0.15, 0.2) is 0 Å². The molecule has 1 aliphatic heterocycles. The summed E-state index contributed by atoms with van der Waals surface area (Å²) < 4.78 is 45.1. The molecule has 0 aromatic heterocycles. The fourth-order valence-electron chi connectivity index (χ4n) is 3.44. The highest BCUT2D eigenvalue weighted by Gasteiger charge is 2.64. The van der Waals surface area contributed by atoms with Crippen molar-refractivity contribution in [2.45, 2.75) is 73.3 Å². The quantitative estimate of drug-likeness (QED) is 0.499. The number of likely N-dealkylation sites (tertiary alicyclic amines) is 1. The first-order valence-corrected chi connectivity index (χ1v) is 8.73. The molecule has 0 atom stereocenters. The Labute approximate surface area is 143 Å². The van der Waals surface area contributed by atoms with E-state index in [4.69, 9.17) is 10.00 Å². The molecular formula is C15H22F3IN2O. The van der Waals surface area contributed by atoms with E-state index in [1.54, 1.807) is 13.8 Å². The number of hydrogen-bond acceptors (Lipinski definition) is 3. The smallest absolute Gasteiger partial charge is 0.360 e. The summed E-state index contributed by atoms with van der Waals surface area (Å²) in [5.41, 5.74) is -1.99. The van der Waals surface area contributed by atoms with Crippen LogP contribution in [0.3, 0.4) is 0 Å². The van der Waals surface area contributed by atoms with Crippen molar-refractivity contribution >= 4 is 22.6 Å². The Morgan fingerprint density at radius 2 is 1.86 bits per heavy atom. The molecule has 1 aliphatic carbocycles.